The molecular weight excluding hydrogens is 490 g/mol. The maximum absolute atomic E-state index is 12.2. The van der Waals surface area contributed by atoms with Crippen LogP contribution in [0.2, 0.25) is 0 Å². The Morgan fingerprint density at radius 1 is 0.622 bits per heavy atom. The summed E-state index contributed by atoms with van der Waals surface area (Å²) in [5.74, 6) is -14.7. The fraction of sp³-hybridized carbons (Fsp3) is 0.522. The van der Waals surface area contributed by atoms with E-state index in [1.165, 1.54) is 6.42 Å². The van der Waals surface area contributed by atoms with Crippen molar-refractivity contribution >= 4 is 41.5 Å². The van der Waals surface area contributed by atoms with Gasteiger partial charge in [-0.2, -0.15) is 0 Å². The number of carboxylic acids is 2. The lowest BCUT2D eigenvalue weighted by molar-refractivity contribution is -0.144. The molecule has 14 nitrogen and oxygen atoms in total. The largest absolute Gasteiger partial charge is 0.481 e. The van der Waals surface area contributed by atoms with Crippen LogP contribution in [0, 0.1) is 61.7 Å². The molecule has 6 unspecified atom stereocenters. The highest BCUT2D eigenvalue weighted by Crippen LogP contribution is 2.31. The van der Waals surface area contributed by atoms with E-state index < -0.39 is 77.0 Å². The molecule has 0 aliphatic carbocycles. The van der Waals surface area contributed by atoms with E-state index in [4.69, 9.17) is 28.7 Å². The number of carbonyl (C=O) groups excluding carboxylic acids is 5. The minimum Gasteiger partial charge on any atom is -0.481 e. The highest BCUT2D eigenvalue weighted by atomic mass is 16.4. The van der Waals surface area contributed by atoms with Crippen LogP contribution in [0.5, 0.6) is 0 Å². The minimum absolute atomic E-state index is 0.190. The van der Waals surface area contributed by atoms with E-state index in [-0.39, 0.29) is 44.4 Å². The van der Waals surface area contributed by atoms with Gasteiger partial charge in [0.05, 0.1) is 18.3 Å². The van der Waals surface area contributed by atoms with Crippen LogP contribution < -0.4 is 28.7 Å². The second-order valence-corrected chi connectivity index (χ2v) is 8.96. The Kier molecular flexibility index (Phi) is 13.6. The molecule has 0 fully saturated rings. The average molecular weight is 526 g/mol. The van der Waals surface area contributed by atoms with Gasteiger partial charge >= 0.3 is 17.8 Å². The first-order valence-corrected chi connectivity index (χ1v) is 11.2. The van der Waals surface area contributed by atoms with Gasteiger partial charge in [-0.15, -0.1) is 13.8 Å². The summed E-state index contributed by atoms with van der Waals surface area (Å²) >= 11 is 0. The predicted molar refractivity (Wildman–Crippen MR) is 128 cm³/mol. The molecule has 12 N–H and O–H groups in total. The molecule has 0 radical (unpaired) electrons. The number of carbonyl (C=O) groups is 7. The Labute approximate surface area is 214 Å². The standard InChI is InChI=1S/C23H35N5O9/c1-3-11(18(25)30)5-16(23(36)37)9-14(21(28)33)7-12(19(26)31)6-13(20(27)32)8-15(22(34)35)4-10(2)17(24)29/h3,11-16H,1-2,4-9H2,(H2,24,29)(H2,25,30)(H2,26,31)(H2,27,32)(H2,28,33)(H,34,35)(H,36,37). The summed E-state index contributed by atoms with van der Waals surface area (Å²) in [6.07, 6.45) is -0.956. The van der Waals surface area contributed by atoms with Crippen molar-refractivity contribution in [2.75, 3.05) is 0 Å². The van der Waals surface area contributed by atoms with Crippen molar-refractivity contribution in [3.8, 4) is 0 Å². The van der Waals surface area contributed by atoms with Crippen molar-refractivity contribution in [2.24, 2.45) is 64.2 Å². The van der Waals surface area contributed by atoms with Crippen LogP contribution in [-0.2, 0) is 33.6 Å². The van der Waals surface area contributed by atoms with E-state index in [0.717, 1.165) is 0 Å². The second-order valence-electron chi connectivity index (χ2n) is 8.96. The van der Waals surface area contributed by atoms with Gasteiger partial charge in [-0.3, -0.25) is 28.8 Å². The van der Waals surface area contributed by atoms with Crippen molar-refractivity contribution in [3.05, 3.63) is 26.2 Å². The first-order valence-electron chi connectivity index (χ1n) is 11.2. The molecule has 0 bridgehead atoms. The van der Waals surface area contributed by atoms with Crippen molar-refractivity contribution in [1.82, 2.24) is 0 Å². The van der Waals surface area contributed by atoms with Crippen LogP contribution in [-0.4, -0.2) is 51.7 Å². The topological polar surface area (TPSA) is 290 Å². The molecule has 0 heterocycles. The maximum atomic E-state index is 12.2. The molecule has 5 amide bonds. The molecule has 14 heteroatoms. The summed E-state index contributed by atoms with van der Waals surface area (Å²) in [5, 5.41) is 19.1. The van der Waals surface area contributed by atoms with E-state index in [1.54, 1.807) is 0 Å². The van der Waals surface area contributed by atoms with E-state index in [1.807, 2.05) is 0 Å². The summed E-state index contributed by atoms with van der Waals surface area (Å²) in [4.78, 5) is 82.5. The number of hydrogen-bond acceptors (Lipinski definition) is 7. The molecule has 0 aliphatic heterocycles. The molecule has 0 aromatic rings. The quantitative estimate of drug-likeness (QED) is 0.0869. The van der Waals surface area contributed by atoms with Crippen molar-refractivity contribution in [1.29, 1.82) is 0 Å². The number of aliphatic carboxylic acids is 2. The summed E-state index contributed by atoms with van der Waals surface area (Å²) in [6, 6.07) is 0. The lowest BCUT2D eigenvalue weighted by atomic mass is 9.77. The zero-order chi connectivity index (χ0) is 29.0. The molecule has 0 aromatic heterocycles. The van der Waals surface area contributed by atoms with Crippen LogP contribution in [0.1, 0.15) is 38.5 Å². The number of carboxylic acid groups (broad SMARTS) is 2. The third-order valence-corrected chi connectivity index (χ3v) is 6.21. The molecule has 0 aromatic carbocycles. The zero-order valence-electron chi connectivity index (χ0n) is 20.3. The highest BCUT2D eigenvalue weighted by molar-refractivity contribution is 5.90. The Morgan fingerprint density at radius 2 is 0.973 bits per heavy atom. The van der Waals surface area contributed by atoms with Gasteiger partial charge in [-0.1, -0.05) is 6.42 Å². The number of rotatable bonds is 20. The SMILES string of the molecule is [CH2-][CH+]C(CC(CC(CC(CC(CC(C[C+]([CH2-])C(N)=O)C(=O)O)C(N)=O)C(N)=O)C(N)=O)C(=O)O)C(N)=O. The van der Waals surface area contributed by atoms with Gasteiger partial charge in [-0.25, -0.2) is 4.79 Å². The fourth-order valence-corrected chi connectivity index (χ4v) is 3.96. The number of nitrogens with two attached hydrogens (primary N) is 5. The van der Waals surface area contributed by atoms with Crippen LogP contribution in [0.15, 0.2) is 0 Å². The Hall–Kier alpha value is -3.97. The third-order valence-electron chi connectivity index (χ3n) is 6.21. The Morgan fingerprint density at radius 3 is 1.24 bits per heavy atom. The van der Waals surface area contributed by atoms with Gasteiger partial charge in [0, 0.05) is 30.1 Å². The predicted octanol–water partition coefficient (Wildman–Crippen LogP) is -1.93. The number of primary amides is 5. The molecule has 0 rings (SSSR count). The van der Waals surface area contributed by atoms with Crippen molar-refractivity contribution in [3.63, 3.8) is 0 Å². The Balaban J connectivity index is 5.80. The molecule has 0 aliphatic rings. The molecular formula is C23H35N5O9. The van der Waals surface area contributed by atoms with Crippen molar-refractivity contribution in [2.45, 2.75) is 38.5 Å². The maximum Gasteiger partial charge on any atom is 0.368 e. The van der Waals surface area contributed by atoms with Gasteiger partial charge < -0.3 is 38.9 Å². The van der Waals surface area contributed by atoms with Gasteiger partial charge in [0.15, 0.2) is 0 Å². The molecule has 0 saturated carbocycles. The van der Waals surface area contributed by atoms with Gasteiger partial charge in [0.1, 0.15) is 5.92 Å². The van der Waals surface area contributed by atoms with Gasteiger partial charge in [0.2, 0.25) is 17.7 Å². The first kappa shape index (κ1) is 33.0. The van der Waals surface area contributed by atoms with E-state index in [9.17, 15) is 43.8 Å². The van der Waals surface area contributed by atoms with Crippen LogP contribution in [0.4, 0.5) is 0 Å². The lowest BCUT2D eigenvalue weighted by Crippen LogP contribution is -2.37. The molecule has 206 valence electrons. The van der Waals surface area contributed by atoms with Gasteiger partial charge in [0.25, 0.3) is 5.91 Å². The third kappa shape index (κ3) is 11.5. The summed E-state index contributed by atoms with van der Waals surface area (Å²) in [7, 11) is 0. The fourth-order valence-electron chi connectivity index (χ4n) is 3.96. The lowest BCUT2D eigenvalue weighted by Gasteiger charge is -2.26. The monoisotopic (exact) mass is 525 g/mol. The van der Waals surface area contributed by atoms with Crippen LogP contribution in [0.25, 0.3) is 0 Å². The zero-order valence-corrected chi connectivity index (χ0v) is 20.3. The van der Waals surface area contributed by atoms with E-state index in [2.05, 4.69) is 13.8 Å². The summed E-state index contributed by atoms with van der Waals surface area (Å²) in [5.41, 5.74) is 26.6. The normalized spacial score (nSPS) is 15.7. The van der Waals surface area contributed by atoms with Crippen LogP contribution in [0.3, 0.4) is 0 Å². The smallest absolute Gasteiger partial charge is 0.368 e. The first-order chi connectivity index (χ1) is 17.0. The molecule has 0 spiro atoms. The van der Waals surface area contributed by atoms with E-state index in [0.29, 0.717) is 0 Å². The van der Waals surface area contributed by atoms with Gasteiger partial charge in [-0.05, 0) is 25.7 Å². The second kappa shape index (κ2) is 15.2. The molecule has 0 saturated heterocycles. The number of amides is 5. The Bertz CT molecular complexity index is 879. The summed E-state index contributed by atoms with van der Waals surface area (Å²) < 4.78 is 0. The minimum atomic E-state index is -1.37. The highest BCUT2D eigenvalue weighted by Gasteiger charge is 2.37. The number of hydrogen-bond donors (Lipinski definition) is 7. The molecule has 6 atom stereocenters. The van der Waals surface area contributed by atoms with Crippen molar-refractivity contribution < 1.29 is 43.8 Å². The summed E-state index contributed by atoms with van der Waals surface area (Å²) in [6.45, 7) is 6.82. The van der Waals surface area contributed by atoms with E-state index >= 15 is 0 Å². The van der Waals surface area contributed by atoms with Crippen LogP contribution >= 0.6 is 0 Å². The average Bonchev–Trinajstić information content (AvgIpc) is 2.77. The molecule has 37 heavy (non-hydrogen) atoms.